The van der Waals surface area contributed by atoms with Gasteiger partial charge in [0, 0.05) is 25.3 Å². The van der Waals surface area contributed by atoms with Gasteiger partial charge in [-0.15, -0.1) is 5.10 Å². The van der Waals surface area contributed by atoms with E-state index < -0.39 is 7.12 Å². The van der Waals surface area contributed by atoms with Crippen molar-refractivity contribution in [3.8, 4) is 5.75 Å². The number of hydrogen-bond donors (Lipinski definition) is 1. The Morgan fingerprint density at radius 1 is 1.23 bits per heavy atom. The van der Waals surface area contributed by atoms with Gasteiger partial charge in [0.2, 0.25) is 0 Å². The zero-order valence-corrected chi connectivity index (χ0v) is 18.8. The molecule has 0 fully saturated rings. The summed E-state index contributed by atoms with van der Waals surface area (Å²) >= 11 is 0. The van der Waals surface area contributed by atoms with E-state index in [2.05, 4.69) is 10.3 Å². The normalized spacial score (nSPS) is 15.9. The number of hydrogen-bond acceptors (Lipinski definition) is 8. The van der Waals surface area contributed by atoms with Gasteiger partial charge in [0.15, 0.2) is 11.6 Å². The van der Waals surface area contributed by atoms with E-state index in [0.29, 0.717) is 30.8 Å². The molecule has 1 aromatic heterocycles. The highest BCUT2D eigenvalue weighted by Crippen LogP contribution is 2.36. The molecule has 0 aliphatic carbocycles. The van der Waals surface area contributed by atoms with Crippen molar-refractivity contribution in [1.29, 1.82) is 0 Å². The highest BCUT2D eigenvalue weighted by molar-refractivity contribution is 6.47. The van der Waals surface area contributed by atoms with Crippen molar-refractivity contribution >= 4 is 18.7 Å². The second-order valence-electron chi connectivity index (χ2n) is 8.68. The standard InChI is InChI=1S/C21H30BN5O4/c1-14(28)18-8-6-7-15-9-16(22(30)31-21(15)18)10-17(29)11-27-20(13-26(4)5)19(23-24-27)12-25(2)3/h6-8,16,30H,9-13H2,1-5H3/t16-/m1/s1. The lowest BCUT2D eigenvalue weighted by atomic mass is 9.64. The summed E-state index contributed by atoms with van der Waals surface area (Å²) < 4.78 is 7.30. The Morgan fingerprint density at radius 2 is 1.94 bits per heavy atom. The van der Waals surface area contributed by atoms with Gasteiger partial charge in [0.1, 0.15) is 18.0 Å². The predicted molar refractivity (Wildman–Crippen MR) is 117 cm³/mol. The fourth-order valence-electron chi connectivity index (χ4n) is 3.85. The zero-order valence-electron chi connectivity index (χ0n) is 18.8. The number of Topliss-reactive ketones (excluding diaryl/α,β-unsaturated/α-hetero) is 2. The van der Waals surface area contributed by atoms with Crippen LogP contribution < -0.4 is 4.65 Å². The van der Waals surface area contributed by atoms with Crippen LogP contribution in [0, 0.1) is 0 Å². The van der Waals surface area contributed by atoms with E-state index in [1.165, 1.54) is 6.92 Å². The van der Waals surface area contributed by atoms with Crippen LogP contribution in [-0.2, 0) is 30.8 Å². The third-order valence-electron chi connectivity index (χ3n) is 5.27. The summed E-state index contributed by atoms with van der Waals surface area (Å²) in [5, 5.41) is 19.0. The first-order valence-electron chi connectivity index (χ1n) is 10.4. The van der Waals surface area contributed by atoms with Crippen LogP contribution in [0.1, 0.15) is 40.7 Å². The van der Waals surface area contributed by atoms with Crippen molar-refractivity contribution in [1.82, 2.24) is 24.8 Å². The van der Waals surface area contributed by atoms with Crippen LogP contribution in [0.4, 0.5) is 0 Å². The summed E-state index contributed by atoms with van der Waals surface area (Å²) in [6, 6.07) is 5.34. The summed E-state index contributed by atoms with van der Waals surface area (Å²) in [5.74, 6) is -0.139. The largest absolute Gasteiger partial charge is 0.535 e. The quantitative estimate of drug-likeness (QED) is 0.468. The van der Waals surface area contributed by atoms with Crippen molar-refractivity contribution in [2.24, 2.45) is 0 Å². The number of nitrogens with zero attached hydrogens (tertiary/aromatic N) is 5. The van der Waals surface area contributed by atoms with E-state index in [1.807, 2.05) is 44.1 Å². The average molecular weight is 427 g/mol. The lowest BCUT2D eigenvalue weighted by Gasteiger charge is -2.28. The second-order valence-corrected chi connectivity index (χ2v) is 8.68. The average Bonchev–Trinajstić information content (AvgIpc) is 3.01. The second kappa shape index (κ2) is 9.72. The van der Waals surface area contributed by atoms with Gasteiger partial charge in [-0.25, -0.2) is 4.68 Å². The Labute approximate surface area is 183 Å². The van der Waals surface area contributed by atoms with Gasteiger partial charge in [-0.2, -0.15) is 0 Å². The van der Waals surface area contributed by atoms with Crippen molar-refractivity contribution in [2.75, 3.05) is 28.2 Å². The van der Waals surface area contributed by atoms with Gasteiger partial charge >= 0.3 is 7.12 Å². The lowest BCUT2D eigenvalue weighted by Crippen LogP contribution is -2.36. The van der Waals surface area contributed by atoms with Crippen LogP contribution >= 0.6 is 0 Å². The molecular weight excluding hydrogens is 397 g/mol. The van der Waals surface area contributed by atoms with Crippen molar-refractivity contribution in [3.63, 3.8) is 0 Å². The molecule has 1 aliphatic rings. The Bertz CT molecular complexity index is 959. The lowest BCUT2D eigenvalue weighted by molar-refractivity contribution is -0.120. The molecular formula is C21H30BN5O4. The van der Waals surface area contributed by atoms with Gasteiger partial charge < -0.3 is 19.5 Å². The van der Waals surface area contributed by atoms with E-state index in [1.54, 1.807) is 16.8 Å². The molecule has 0 bridgehead atoms. The topological polar surface area (TPSA) is 101 Å². The maximum Gasteiger partial charge on any atom is 0.526 e. The third kappa shape index (κ3) is 5.58. The molecule has 0 amide bonds. The zero-order chi connectivity index (χ0) is 22.7. The molecule has 166 valence electrons. The molecule has 0 radical (unpaired) electrons. The van der Waals surface area contributed by atoms with Gasteiger partial charge in [-0.1, -0.05) is 17.3 Å². The van der Waals surface area contributed by atoms with Crippen molar-refractivity contribution in [2.45, 2.75) is 45.2 Å². The fourth-order valence-corrected chi connectivity index (χ4v) is 3.85. The molecule has 0 spiro atoms. The molecule has 1 atom stereocenters. The number of ketones is 2. The maximum atomic E-state index is 12.8. The fraction of sp³-hybridized carbons (Fsp3) is 0.524. The van der Waals surface area contributed by atoms with Crippen LogP contribution in [0.3, 0.4) is 0 Å². The molecule has 9 nitrogen and oxygen atoms in total. The molecule has 31 heavy (non-hydrogen) atoms. The molecule has 2 aromatic rings. The van der Waals surface area contributed by atoms with Gasteiger partial charge in [0.25, 0.3) is 0 Å². The molecule has 1 aliphatic heterocycles. The molecule has 0 saturated carbocycles. The van der Waals surface area contributed by atoms with E-state index in [4.69, 9.17) is 4.65 Å². The van der Waals surface area contributed by atoms with Crippen molar-refractivity contribution in [3.05, 3.63) is 40.7 Å². The van der Waals surface area contributed by atoms with E-state index in [9.17, 15) is 14.6 Å². The number of fused-ring (bicyclic) bond motifs is 1. The number of para-hydroxylation sites is 1. The molecule has 10 heteroatoms. The third-order valence-corrected chi connectivity index (χ3v) is 5.27. The first-order chi connectivity index (χ1) is 14.7. The summed E-state index contributed by atoms with van der Waals surface area (Å²) in [4.78, 5) is 28.7. The van der Waals surface area contributed by atoms with E-state index in [-0.39, 0.29) is 30.3 Å². The van der Waals surface area contributed by atoms with Crippen LogP contribution in [-0.4, -0.2) is 76.7 Å². The summed E-state index contributed by atoms with van der Waals surface area (Å²) in [5.41, 5.74) is 3.03. The summed E-state index contributed by atoms with van der Waals surface area (Å²) in [6.45, 7) is 2.82. The Hall–Kier alpha value is -2.56. The highest BCUT2D eigenvalue weighted by atomic mass is 16.5. The minimum atomic E-state index is -1.14. The van der Waals surface area contributed by atoms with Crippen LogP contribution in [0.5, 0.6) is 5.75 Å². The van der Waals surface area contributed by atoms with Crippen LogP contribution in [0.2, 0.25) is 5.82 Å². The molecule has 1 N–H and O–H groups in total. The number of benzene rings is 1. The Kier molecular flexibility index (Phi) is 7.25. The molecule has 2 heterocycles. The van der Waals surface area contributed by atoms with Crippen molar-refractivity contribution < 1.29 is 19.3 Å². The smallest absolute Gasteiger partial charge is 0.526 e. The number of rotatable bonds is 9. The minimum Gasteiger partial charge on any atom is -0.535 e. The molecule has 0 unspecified atom stereocenters. The number of carbonyl (C=O) groups excluding carboxylic acids is 2. The first-order valence-corrected chi connectivity index (χ1v) is 10.4. The Balaban J connectivity index is 1.72. The van der Waals surface area contributed by atoms with E-state index >= 15 is 0 Å². The maximum absolute atomic E-state index is 12.8. The minimum absolute atomic E-state index is 0.0554. The van der Waals surface area contributed by atoms with Crippen LogP contribution in [0.15, 0.2) is 18.2 Å². The van der Waals surface area contributed by atoms with Crippen LogP contribution in [0.25, 0.3) is 0 Å². The predicted octanol–water partition coefficient (Wildman–Crippen LogP) is 1.05. The summed E-state index contributed by atoms with van der Waals surface area (Å²) in [7, 11) is 6.70. The van der Waals surface area contributed by atoms with Gasteiger partial charge in [-0.05, 0) is 53.2 Å². The number of aromatic nitrogens is 3. The highest BCUT2D eigenvalue weighted by Gasteiger charge is 2.37. The van der Waals surface area contributed by atoms with E-state index in [0.717, 1.165) is 17.0 Å². The van der Waals surface area contributed by atoms with Gasteiger partial charge in [-0.3, -0.25) is 9.59 Å². The summed E-state index contributed by atoms with van der Waals surface area (Å²) in [6.07, 6.45) is 0.617. The molecule has 1 aromatic carbocycles. The Morgan fingerprint density at radius 3 is 2.58 bits per heavy atom. The molecule has 0 saturated heterocycles. The molecule has 3 rings (SSSR count). The monoisotopic (exact) mass is 427 g/mol. The number of carbonyl (C=O) groups is 2. The first kappa shape index (κ1) is 23.1. The SMILES string of the molecule is CC(=O)c1cccc2c1OB(O)[C@@H](CC(=O)Cn1nnc(CN(C)C)c1CN(C)C)C2. The van der Waals surface area contributed by atoms with Gasteiger partial charge in [0.05, 0.1) is 11.3 Å².